The highest BCUT2D eigenvalue weighted by atomic mass is 16.5. The third-order valence-electron chi connectivity index (χ3n) is 3.22. The van der Waals surface area contributed by atoms with E-state index >= 15 is 0 Å². The molecule has 0 unspecified atom stereocenters. The van der Waals surface area contributed by atoms with Gasteiger partial charge in [0.05, 0.1) is 12.0 Å². The second-order valence-corrected chi connectivity index (χ2v) is 4.38. The van der Waals surface area contributed by atoms with Crippen LogP contribution in [0.4, 0.5) is 0 Å². The molecule has 0 radical (unpaired) electrons. The number of aromatic nitrogens is 3. The van der Waals surface area contributed by atoms with Crippen LogP contribution in [0.1, 0.15) is 44.1 Å². The van der Waals surface area contributed by atoms with Gasteiger partial charge in [-0.3, -0.25) is 4.98 Å². The zero-order valence-corrected chi connectivity index (χ0v) is 10.8. The van der Waals surface area contributed by atoms with Crippen molar-refractivity contribution in [2.24, 2.45) is 5.73 Å². The zero-order valence-electron chi connectivity index (χ0n) is 10.8. The Morgan fingerprint density at radius 2 is 2.06 bits per heavy atom. The lowest BCUT2D eigenvalue weighted by Crippen LogP contribution is -2.35. The average Bonchev–Trinajstić information content (AvgIpc) is 2.88. The van der Waals surface area contributed by atoms with Crippen LogP contribution in [0.5, 0.6) is 0 Å². The second kappa shape index (κ2) is 5.27. The summed E-state index contributed by atoms with van der Waals surface area (Å²) < 4.78 is 5.27. The minimum atomic E-state index is -0.518. The van der Waals surface area contributed by atoms with Gasteiger partial charge in [0.2, 0.25) is 5.89 Å². The minimum Gasteiger partial charge on any atom is -0.337 e. The standard InChI is InChI=1S/C13H18N4O/c1-3-13(14,4-2)12-16-11(17-18-12)9-10-7-5-6-8-15-10/h5-8H,3-4,9,14H2,1-2H3. The summed E-state index contributed by atoms with van der Waals surface area (Å²) >= 11 is 0. The Morgan fingerprint density at radius 1 is 1.28 bits per heavy atom. The summed E-state index contributed by atoms with van der Waals surface area (Å²) in [5.74, 6) is 1.14. The fraction of sp³-hybridized carbons (Fsp3) is 0.462. The van der Waals surface area contributed by atoms with E-state index in [1.165, 1.54) is 0 Å². The summed E-state index contributed by atoms with van der Waals surface area (Å²) in [6, 6.07) is 5.75. The van der Waals surface area contributed by atoms with Crippen LogP contribution in [0.2, 0.25) is 0 Å². The third kappa shape index (κ3) is 2.56. The molecule has 0 amide bonds. The van der Waals surface area contributed by atoms with E-state index in [4.69, 9.17) is 10.3 Å². The maximum Gasteiger partial charge on any atom is 0.246 e. The van der Waals surface area contributed by atoms with Crippen LogP contribution in [0.15, 0.2) is 28.9 Å². The molecule has 0 saturated carbocycles. The largest absolute Gasteiger partial charge is 0.337 e. The fourth-order valence-corrected chi connectivity index (χ4v) is 1.75. The number of hydrogen-bond acceptors (Lipinski definition) is 5. The Bertz CT molecular complexity index is 491. The van der Waals surface area contributed by atoms with Crippen LogP contribution in [-0.2, 0) is 12.0 Å². The number of rotatable bonds is 5. The molecule has 0 aromatic carbocycles. The molecule has 0 saturated heterocycles. The molecule has 2 heterocycles. The summed E-state index contributed by atoms with van der Waals surface area (Å²) in [6.07, 6.45) is 3.86. The van der Waals surface area contributed by atoms with Crippen LogP contribution in [0.25, 0.3) is 0 Å². The lowest BCUT2D eigenvalue weighted by molar-refractivity contribution is 0.267. The summed E-state index contributed by atoms with van der Waals surface area (Å²) in [4.78, 5) is 8.61. The highest BCUT2D eigenvalue weighted by Gasteiger charge is 2.29. The van der Waals surface area contributed by atoms with Gasteiger partial charge in [0.15, 0.2) is 5.82 Å². The first-order chi connectivity index (χ1) is 8.68. The predicted octanol–water partition coefficient (Wildman–Crippen LogP) is 2.03. The van der Waals surface area contributed by atoms with Gasteiger partial charge in [0.25, 0.3) is 0 Å². The van der Waals surface area contributed by atoms with Crippen LogP contribution < -0.4 is 5.73 Å². The first kappa shape index (κ1) is 12.7. The van der Waals surface area contributed by atoms with Gasteiger partial charge >= 0.3 is 0 Å². The lowest BCUT2D eigenvalue weighted by Gasteiger charge is -2.20. The van der Waals surface area contributed by atoms with Crippen LogP contribution in [-0.4, -0.2) is 15.1 Å². The molecule has 2 aromatic heterocycles. The Labute approximate surface area is 106 Å². The average molecular weight is 246 g/mol. The van der Waals surface area contributed by atoms with E-state index in [0.29, 0.717) is 18.1 Å². The fourth-order valence-electron chi connectivity index (χ4n) is 1.75. The number of nitrogens with two attached hydrogens (primary N) is 1. The topological polar surface area (TPSA) is 77.8 Å². The Morgan fingerprint density at radius 3 is 2.67 bits per heavy atom. The van der Waals surface area contributed by atoms with Gasteiger partial charge in [-0.25, -0.2) is 0 Å². The number of pyridine rings is 1. The summed E-state index contributed by atoms with van der Waals surface area (Å²) in [5.41, 5.74) is 6.61. The van der Waals surface area contributed by atoms with Crippen LogP contribution in [0.3, 0.4) is 0 Å². The summed E-state index contributed by atoms with van der Waals surface area (Å²) in [5, 5.41) is 3.97. The molecule has 0 atom stereocenters. The summed E-state index contributed by atoms with van der Waals surface area (Å²) in [7, 11) is 0. The molecule has 0 fully saturated rings. The van der Waals surface area contributed by atoms with Crippen molar-refractivity contribution >= 4 is 0 Å². The van der Waals surface area contributed by atoms with Crippen LogP contribution in [0, 0.1) is 0 Å². The SMILES string of the molecule is CCC(N)(CC)c1nc(Cc2ccccn2)no1. The van der Waals surface area contributed by atoms with E-state index in [-0.39, 0.29) is 0 Å². The molecule has 96 valence electrons. The molecule has 2 rings (SSSR count). The van der Waals surface area contributed by atoms with Crippen molar-refractivity contribution in [1.82, 2.24) is 15.1 Å². The molecular formula is C13H18N4O. The van der Waals surface area contributed by atoms with Crippen molar-refractivity contribution in [3.63, 3.8) is 0 Å². The van der Waals surface area contributed by atoms with Gasteiger partial charge < -0.3 is 10.3 Å². The van der Waals surface area contributed by atoms with Gasteiger partial charge in [-0.15, -0.1) is 0 Å². The zero-order chi connectivity index (χ0) is 13.0. The highest BCUT2D eigenvalue weighted by molar-refractivity contribution is 5.10. The van der Waals surface area contributed by atoms with E-state index in [0.717, 1.165) is 18.5 Å². The predicted molar refractivity (Wildman–Crippen MR) is 67.8 cm³/mol. The quantitative estimate of drug-likeness (QED) is 0.873. The van der Waals surface area contributed by atoms with Gasteiger partial charge in [0, 0.05) is 11.9 Å². The van der Waals surface area contributed by atoms with E-state index in [1.807, 2.05) is 32.0 Å². The third-order valence-corrected chi connectivity index (χ3v) is 3.22. The maximum atomic E-state index is 6.21. The number of hydrogen-bond donors (Lipinski definition) is 1. The van der Waals surface area contributed by atoms with E-state index in [1.54, 1.807) is 6.20 Å². The van der Waals surface area contributed by atoms with Crippen molar-refractivity contribution in [3.05, 3.63) is 41.8 Å². The molecule has 0 aliphatic heterocycles. The Kier molecular flexibility index (Phi) is 3.72. The van der Waals surface area contributed by atoms with Crippen molar-refractivity contribution in [2.75, 3.05) is 0 Å². The molecule has 0 aliphatic rings. The van der Waals surface area contributed by atoms with Gasteiger partial charge in [0.1, 0.15) is 0 Å². The Hall–Kier alpha value is -1.75. The number of nitrogens with zero attached hydrogens (tertiary/aromatic N) is 3. The molecule has 5 nitrogen and oxygen atoms in total. The smallest absolute Gasteiger partial charge is 0.246 e. The molecule has 0 aliphatic carbocycles. The monoisotopic (exact) mass is 246 g/mol. The van der Waals surface area contributed by atoms with Gasteiger partial charge in [-0.1, -0.05) is 25.1 Å². The van der Waals surface area contributed by atoms with E-state index < -0.39 is 5.54 Å². The van der Waals surface area contributed by atoms with Crippen molar-refractivity contribution < 1.29 is 4.52 Å². The van der Waals surface area contributed by atoms with Crippen molar-refractivity contribution in [1.29, 1.82) is 0 Å². The highest BCUT2D eigenvalue weighted by Crippen LogP contribution is 2.24. The van der Waals surface area contributed by atoms with Crippen LogP contribution >= 0.6 is 0 Å². The van der Waals surface area contributed by atoms with E-state index in [2.05, 4.69) is 15.1 Å². The maximum absolute atomic E-state index is 6.21. The first-order valence-electron chi connectivity index (χ1n) is 6.20. The lowest BCUT2D eigenvalue weighted by atomic mass is 9.94. The molecule has 0 bridgehead atoms. The molecule has 5 heteroatoms. The summed E-state index contributed by atoms with van der Waals surface area (Å²) in [6.45, 7) is 4.04. The second-order valence-electron chi connectivity index (χ2n) is 4.38. The molecule has 2 aromatic rings. The first-order valence-corrected chi connectivity index (χ1v) is 6.20. The van der Waals surface area contributed by atoms with Gasteiger partial charge in [-0.05, 0) is 25.0 Å². The molecule has 0 spiro atoms. The Balaban J connectivity index is 2.16. The van der Waals surface area contributed by atoms with Crippen molar-refractivity contribution in [3.8, 4) is 0 Å². The minimum absolute atomic E-state index is 0.512. The van der Waals surface area contributed by atoms with Gasteiger partial charge in [-0.2, -0.15) is 4.98 Å². The molecule has 2 N–H and O–H groups in total. The van der Waals surface area contributed by atoms with Crippen molar-refractivity contribution in [2.45, 2.75) is 38.6 Å². The molecule has 18 heavy (non-hydrogen) atoms. The normalized spacial score (nSPS) is 11.7. The van der Waals surface area contributed by atoms with E-state index in [9.17, 15) is 0 Å². The molecular weight excluding hydrogens is 228 g/mol.